The molecule has 0 aliphatic carbocycles. The summed E-state index contributed by atoms with van der Waals surface area (Å²) in [6, 6.07) is 16.4. The molecule has 1 N–H and O–H groups in total. The van der Waals surface area contributed by atoms with Gasteiger partial charge in [0.2, 0.25) is 5.91 Å². The lowest BCUT2D eigenvalue weighted by Crippen LogP contribution is -2.41. The minimum Gasteiger partial charge on any atom is -0.497 e. The average Bonchev–Trinajstić information content (AvgIpc) is 2.93. The summed E-state index contributed by atoms with van der Waals surface area (Å²) in [4.78, 5) is 12.9. The normalized spacial score (nSPS) is 11.0. The Morgan fingerprint density at radius 1 is 0.868 bits per heavy atom. The number of methoxy groups -OCH3 is 4. The van der Waals surface area contributed by atoms with Gasteiger partial charge in [-0.15, -0.1) is 0 Å². The Hall–Kier alpha value is -3.63. The highest BCUT2D eigenvalue weighted by molar-refractivity contribution is 7.92. The van der Waals surface area contributed by atoms with Gasteiger partial charge in [0.15, 0.2) is 11.5 Å². The molecule has 11 heteroatoms. The molecule has 1 amide bonds. The van der Waals surface area contributed by atoms with Crippen molar-refractivity contribution in [1.29, 1.82) is 0 Å². The number of hydrogen-bond donors (Lipinski definition) is 1. The molecule has 204 valence electrons. The molecule has 0 atom stereocenters. The van der Waals surface area contributed by atoms with E-state index in [2.05, 4.69) is 5.32 Å². The molecular formula is C27H31ClN2O7S. The molecular weight excluding hydrogens is 532 g/mol. The standard InChI is InChI=1S/C27H31ClN2O7S/c1-34-21-9-5-7-19(15-21)8-6-14-29-27(31)18-30(23-16-20(28)10-12-24(23)35-2)38(32,33)22-11-13-25(36-3)26(17-22)37-4/h5,7,9-13,15-17H,6,8,14,18H2,1-4H3,(H,29,31). The first-order chi connectivity index (χ1) is 18.2. The van der Waals surface area contributed by atoms with Crippen LogP contribution in [0.3, 0.4) is 0 Å². The van der Waals surface area contributed by atoms with Crippen LogP contribution in [0.4, 0.5) is 5.69 Å². The van der Waals surface area contributed by atoms with Gasteiger partial charge in [0.1, 0.15) is 18.0 Å². The third-order valence-electron chi connectivity index (χ3n) is 5.74. The maximum Gasteiger partial charge on any atom is 0.265 e. The maximum absolute atomic E-state index is 13.8. The molecule has 0 unspecified atom stereocenters. The molecule has 0 saturated carbocycles. The third-order valence-corrected chi connectivity index (χ3v) is 7.73. The van der Waals surface area contributed by atoms with Crippen LogP contribution in [-0.2, 0) is 21.2 Å². The van der Waals surface area contributed by atoms with Crippen LogP contribution in [-0.4, -0.2) is 55.9 Å². The zero-order valence-electron chi connectivity index (χ0n) is 21.7. The highest BCUT2D eigenvalue weighted by Crippen LogP contribution is 2.37. The zero-order chi connectivity index (χ0) is 27.7. The molecule has 0 aliphatic heterocycles. The molecule has 0 heterocycles. The highest BCUT2D eigenvalue weighted by Gasteiger charge is 2.30. The van der Waals surface area contributed by atoms with Crippen molar-refractivity contribution < 1.29 is 32.2 Å². The number of aryl methyl sites for hydroxylation is 1. The number of carbonyl (C=O) groups is 1. The fourth-order valence-electron chi connectivity index (χ4n) is 3.80. The number of rotatable bonds is 13. The molecule has 0 spiro atoms. The van der Waals surface area contributed by atoms with Gasteiger partial charge in [0, 0.05) is 17.6 Å². The fraction of sp³-hybridized carbons (Fsp3) is 0.296. The molecule has 3 aromatic rings. The SMILES string of the molecule is COc1cccc(CCCNC(=O)CN(c2cc(Cl)ccc2OC)S(=O)(=O)c2ccc(OC)c(OC)c2)c1. The average molecular weight is 563 g/mol. The van der Waals surface area contributed by atoms with E-state index in [-0.39, 0.29) is 27.1 Å². The van der Waals surface area contributed by atoms with E-state index in [9.17, 15) is 13.2 Å². The Morgan fingerprint density at radius 2 is 1.58 bits per heavy atom. The van der Waals surface area contributed by atoms with E-state index in [1.807, 2.05) is 24.3 Å². The number of nitrogens with zero attached hydrogens (tertiary/aromatic N) is 1. The predicted octanol–water partition coefficient (Wildman–Crippen LogP) is 4.32. The van der Waals surface area contributed by atoms with Crippen molar-refractivity contribution in [2.24, 2.45) is 0 Å². The summed E-state index contributed by atoms with van der Waals surface area (Å²) in [5.74, 6) is 1.12. The molecule has 9 nitrogen and oxygen atoms in total. The van der Waals surface area contributed by atoms with Crippen LogP contribution in [0.15, 0.2) is 65.6 Å². The second-order valence-corrected chi connectivity index (χ2v) is 10.4. The molecule has 3 rings (SSSR count). The number of nitrogens with one attached hydrogen (secondary N) is 1. The van der Waals surface area contributed by atoms with Crippen molar-refractivity contribution in [1.82, 2.24) is 5.32 Å². The summed E-state index contributed by atoms with van der Waals surface area (Å²) in [5, 5.41) is 3.09. The summed E-state index contributed by atoms with van der Waals surface area (Å²) in [6.45, 7) is -0.139. The van der Waals surface area contributed by atoms with Gasteiger partial charge < -0.3 is 24.3 Å². The largest absolute Gasteiger partial charge is 0.497 e. The highest BCUT2D eigenvalue weighted by atomic mass is 35.5. The van der Waals surface area contributed by atoms with Crippen LogP contribution in [0.1, 0.15) is 12.0 Å². The van der Waals surface area contributed by atoms with Crippen molar-refractivity contribution >= 4 is 33.2 Å². The second-order valence-electron chi connectivity index (χ2n) is 8.15. The van der Waals surface area contributed by atoms with Gasteiger partial charge in [-0.25, -0.2) is 8.42 Å². The monoisotopic (exact) mass is 562 g/mol. The van der Waals surface area contributed by atoms with Gasteiger partial charge in [-0.05, 0) is 60.9 Å². The van der Waals surface area contributed by atoms with Crippen LogP contribution < -0.4 is 28.6 Å². The van der Waals surface area contributed by atoms with Gasteiger partial charge >= 0.3 is 0 Å². The smallest absolute Gasteiger partial charge is 0.265 e. The van der Waals surface area contributed by atoms with Gasteiger partial charge in [-0.3, -0.25) is 9.10 Å². The Morgan fingerprint density at radius 3 is 2.26 bits per heavy atom. The molecule has 38 heavy (non-hydrogen) atoms. The van der Waals surface area contributed by atoms with E-state index >= 15 is 0 Å². The number of carbonyl (C=O) groups excluding carboxylic acids is 1. The van der Waals surface area contributed by atoms with Crippen molar-refractivity contribution in [3.05, 3.63) is 71.2 Å². The van der Waals surface area contributed by atoms with Gasteiger partial charge in [0.05, 0.1) is 39.0 Å². The number of anilines is 1. The predicted molar refractivity (Wildman–Crippen MR) is 146 cm³/mol. The zero-order valence-corrected chi connectivity index (χ0v) is 23.3. The van der Waals surface area contributed by atoms with E-state index in [1.165, 1.54) is 45.6 Å². The quantitative estimate of drug-likeness (QED) is 0.309. The Kier molecular flexibility index (Phi) is 10.1. The van der Waals surface area contributed by atoms with Crippen LogP contribution in [0, 0.1) is 0 Å². The summed E-state index contributed by atoms with van der Waals surface area (Å²) >= 11 is 6.20. The summed E-state index contributed by atoms with van der Waals surface area (Å²) < 4.78 is 49.8. The maximum atomic E-state index is 13.8. The minimum atomic E-state index is -4.25. The Bertz CT molecular complexity index is 1370. The van der Waals surface area contributed by atoms with E-state index in [0.717, 1.165) is 15.6 Å². The molecule has 0 radical (unpaired) electrons. The van der Waals surface area contributed by atoms with Crippen LogP contribution in [0.2, 0.25) is 5.02 Å². The molecule has 0 aliphatic rings. The number of ether oxygens (including phenoxy) is 4. The first kappa shape index (κ1) is 28.9. The van der Waals surface area contributed by atoms with Crippen molar-refractivity contribution in [2.45, 2.75) is 17.7 Å². The first-order valence-electron chi connectivity index (χ1n) is 11.7. The number of benzene rings is 3. The second kappa shape index (κ2) is 13.3. The molecule has 0 fully saturated rings. The van der Waals surface area contributed by atoms with Crippen LogP contribution >= 0.6 is 11.6 Å². The lowest BCUT2D eigenvalue weighted by Gasteiger charge is -2.26. The molecule has 0 saturated heterocycles. The summed E-state index contributed by atoms with van der Waals surface area (Å²) in [6.07, 6.45) is 1.37. The number of halogens is 1. The van der Waals surface area contributed by atoms with E-state index in [0.29, 0.717) is 25.1 Å². The van der Waals surface area contributed by atoms with Crippen molar-refractivity contribution in [2.75, 3.05) is 45.8 Å². The lowest BCUT2D eigenvalue weighted by molar-refractivity contribution is -0.119. The fourth-order valence-corrected chi connectivity index (χ4v) is 5.40. The minimum absolute atomic E-state index is 0.0944. The van der Waals surface area contributed by atoms with Crippen LogP contribution in [0.25, 0.3) is 0 Å². The molecule has 0 aromatic heterocycles. The number of amides is 1. The lowest BCUT2D eigenvalue weighted by atomic mass is 10.1. The van der Waals surface area contributed by atoms with E-state index in [4.69, 9.17) is 30.5 Å². The first-order valence-corrected chi connectivity index (χ1v) is 13.5. The number of sulfonamides is 1. The van der Waals surface area contributed by atoms with Crippen molar-refractivity contribution in [3.63, 3.8) is 0 Å². The molecule has 3 aromatic carbocycles. The number of hydrogen-bond acceptors (Lipinski definition) is 7. The van der Waals surface area contributed by atoms with E-state index < -0.39 is 22.5 Å². The van der Waals surface area contributed by atoms with Gasteiger partial charge in [0.25, 0.3) is 10.0 Å². The third kappa shape index (κ3) is 7.02. The Balaban J connectivity index is 1.84. The van der Waals surface area contributed by atoms with E-state index in [1.54, 1.807) is 19.2 Å². The van der Waals surface area contributed by atoms with Crippen LogP contribution in [0.5, 0.6) is 23.0 Å². The summed E-state index contributed by atoms with van der Waals surface area (Å²) in [7, 11) is 1.62. The van der Waals surface area contributed by atoms with Crippen molar-refractivity contribution in [3.8, 4) is 23.0 Å². The van der Waals surface area contributed by atoms with Gasteiger partial charge in [-0.1, -0.05) is 23.7 Å². The summed E-state index contributed by atoms with van der Waals surface area (Å²) in [5.41, 5.74) is 1.20. The topological polar surface area (TPSA) is 103 Å². The Labute approximate surface area is 228 Å². The molecule has 0 bridgehead atoms. The van der Waals surface area contributed by atoms with Gasteiger partial charge in [-0.2, -0.15) is 0 Å².